The normalized spacial score (nSPS) is 11.8. The molecule has 0 amide bonds. The van der Waals surface area contributed by atoms with E-state index in [0.29, 0.717) is 12.8 Å². The Hall–Kier alpha value is -1.66. The van der Waals surface area contributed by atoms with Gasteiger partial charge in [-0.2, -0.15) is 0 Å². The number of ether oxygens (including phenoxy) is 2. The molecule has 0 saturated heterocycles. The number of methoxy groups -OCH3 is 2. The van der Waals surface area contributed by atoms with E-state index in [9.17, 15) is 19.7 Å². The quantitative estimate of drug-likeness (QED) is 0.145. The molecular weight excluding hydrogens is 350 g/mol. The summed E-state index contributed by atoms with van der Waals surface area (Å²) in [5.74, 6) is -0.862. The molecule has 0 aliphatic carbocycles. The minimum atomic E-state index is -1.21. The minimum absolute atomic E-state index is 0.115. The van der Waals surface area contributed by atoms with E-state index in [0.717, 1.165) is 32.1 Å². The predicted octanol–water partition coefficient (Wildman–Crippen LogP) is 4.83. The number of nitro groups is 1. The van der Waals surface area contributed by atoms with Gasteiger partial charge in [-0.05, 0) is 12.8 Å². The molecule has 0 radical (unpaired) electrons. The maximum absolute atomic E-state index is 11.3. The molecule has 0 bridgehead atoms. The van der Waals surface area contributed by atoms with Gasteiger partial charge in [-0.3, -0.25) is 14.9 Å². The summed E-state index contributed by atoms with van der Waals surface area (Å²) in [5.41, 5.74) is 0. The molecule has 0 heterocycles. The number of hydrogen-bond acceptors (Lipinski definition) is 6. The molecule has 0 aromatic heterocycles. The first kappa shape index (κ1) is 25.3. The van der Waals surface area contributed by atoms with Gasteiger partial charge in [0.25, 0.3) is 0 Å². The van der Waals surface area contributed by atoms with Gasteiger partial charge in [0.15, 0.2) is 0 Å². The number of esters is 2. The van der Waals surface area contributed by atoms with Crippen LogP contribution in [0.4, 0.5) is 0 Å². The van der Waals surface area contributed by atoms with Crippen LogP contribution in [0.25, 0.3) is 0 Å². The minimum Gasteiger partial charge on any atom is -0.469 e. The lowest BCUT2D eigenvalue weighted by Crippen LogP contribution is -2.30. The van der Waals surface area contributed by atoms with E-state index in [4.69, 9.17) is 0 Å². The van der Waals surface area contributed by atoms with Crippen LogP contribution in [0.2, 0.25) is 0 Å². The van der Waals surface area contributed by atoms with E-state index in [-0.39, 0.29) is 12.4 Å². The van der Waals surface area contributed by atoms with Gasteiger partial charge in [-0.1, -0.05) is 70.6 Å². The van der Waals surface area contributed by atoms with Crippen LogP contribution < -0.4 is 0 Å². The summed E-state index contributed by atoms with van der Waals surface area (Å²) in [5, 5.41) is 10.8. The van der Waals surface area contributed by atoms with E-state index >= 15 is 0 Å². The van der Waals surface area contributed by atoms with E-state index in [1.54, 1.807) is 0 Å². The lowest BCUT2D eigenvalue weighted by Gasteiger charge is -2.07. The third-order valence-corrected chi connectivity index (χ3v) is 4.81. The maximum atomic E-state index is 11.3. The lowest BCUT2D eigenvalue weighted by atomic mass is 10.0. The van der Waals surface area contributed by atoms with Gasteiger partial charge in [0.2, 0.25) is 0 Å². The van der Waals surface area contributed by atoms with Gasteiger partial charge in [0.05, 0.1) is 14.2 Å². The zero-order chi connectivity index (χ0) is 20.3. The smallest absolute Gasteiger partial charge is 0.381 e. The summed E-state index contributed by atoms with van der Waals surface area (Å²) in [6, 6.07) is -1.21. The van der Waals surface area contributed by atoms with Gasteiger partial charge < -0.3 is 9.47 Å². The zero-order valence-corrected chi connectivity index (χ0v) is 17.1. The Morgan fingerprint density at radius 1 is 0.741 bits per heavy atom. The van der Waals surface area contributed by atoms with Crippen LogP contribution in [0.5, 0.6) is 0 Å². The molecule has 0 aliphatic heterocycles. The summed E-state index contributed by atoms with van der Waals surface area (Å²) in [4.78, 5) is 32.5. The second-order valence-electron chi connectivity index (χ2n) is 7.04. The summed E-state index contributed by atoms with van der Waals surface area (Å²) in [6.07, 6.45) is 15.3. The van der Waals surface area contributed by atoms with Gasteiger partial charge in [-0.25, -0.2) is 4.79 Å². The Morgan fingerprint density at radius 3 is 1.52 bits per heavy atom. The fourth-order valence-corrected chi connectivity index (χ4v) is 3.10. The average molecular weight is 388 g/mol. The van der Waals surface area contributed by atoms with Crippen LogP contribution in [0, 0.1) is 10.1 Å². The molecule has 0 fully saturated rings. The van der Waals surface area contributed by atoms with Crippen molar-refractivity contribution in [1.82, 2.24) is 0 Å². The Bertz CT molecular complexity index is 413. The van der Waals surface area contributed by atoms with Crippen molar-refractivity contribution >= 4 is 11.9 Å². The standard InChI is InChI=1S/C20H37NO6/c1-26-19(22)17-15-13-11-9-7-5-3-4-6-8-10-12-14-16-18(21(24)25)20(23)27-2/h18H,3-17H2,1-2H3. The highest BCUT2D eigenvalue weighted by molar-refractivity contribution is 5.74. The molecule has 0 spiro atoms. The van der Waals surface area contributed by atoms with Gasteiger partial charge >= 0.3 is 18.0 Å². The van der Waals surface area contributed by atoms with Crippen molar-refractivity contribution in [2.24, 2.45) is 0 Å². The molecule has 1 unspecified atom stereocenters. The molecule has 0 aromatic rings. The van der Waals surface area contributed by atoms with E-state index < -0.39 is 16.9 Å². The molecule has 7 heteroatoms. The van der Waals surface area contributed by atoms with Crippen molar-refractivity contribution in [3.05, 3.63) is 10.1 Å². The second-order valence-corrected chi connectivity index (χ2v) is 7.04. The number of rotatable bonds is 18. The molecule has 27 heavy (non-hydrogen) atoms. The maximum Gasteiger partial charge on any atom is 0.381 e. The fourth-order valence-electron chi connectivity index (χ4n) is 3.10. The van der Waals surface area contributed by atoms with Crippen LogP contribution in [0.15, 0.2) is 0 Å². The van der Waals surface area contributed by atoms with Crippen molar-refractivity contribution in [2.75, 3.05) is 14.2 Å². The van der Waals surface area contributed by atoms with Gasteiger partial charge in [0, 0.05) is 17.8 Å². The zero-order valence-electron chi connectivity index (χ0n) is 17.1. The third-order valence-electron chi connectivity index (χ3n) is 4.81. The molecule has 0 aromatic carbocycles. The largest absolute Gasteiger partial charge is 0.469 e. The highest BCUT2D eigenvalue weighted by Gasteiger charge is 2.29. The Morgan fingerprint density at radius 2 is 1.15 bits per heavy atom. The van der Waals surface area contributed by atoms with Crippen LogP contribution in [-0.4, -0.2) is 37.1 Å². The lowest BCUT2D eigenvalue weighted by molar-refractivity contribution is -0.511. The average Bonchev–Trinajstić information content (AvgIpc) is 2.66. The van der Waals surface area contributed by atoms with Gasteiger partial charge in [-0.15, -0.1) is 0 Å². The molecule has 0 N–H and O–H groups in total. The Balaban J connectivity index is 3.32. The number of unbranched alkanes of at least 4 members (excludes halogenated alkanes) is 12. The van der Waals surface area contributed by atoms with Crippen molar-refractivity contribution in [2.45, 2.75) is 102 Å². The topological polar surface area (TPSA) is 95.7 Å². The first-order valence-corrected chi connectivity index (χ1v) is 10.3. The molecule has 158 valence electrons. The van der Waals surface area contributed by atoms with E-state index in [1.165, 1.54) is 59.2 Å². The fraction of sp³-hybridized carbons (Fsp3) is 0.900. The summed E-state index contributed by atoms with van der Waals surface area (Å²) < 4.78 is 9.07. The number of carbonyl (C=O) groups is 2. The second kappa shape index (κ2) is 17.7. The molecule has 0 rings (SSSR count). The third kappa shape index (κ3) is 15.1. The molecule has 0 saturated carbocycles. The highest BCUT2D eigenvalue weighted by Crippen LogP contribution is 2.14. The van der Waals surface area contributed by atoms with Crippen molar-refractivity contribution in [3.8, 4) is 0 Å². The monoisotopic (exact) mass is 387 g/mol. The van der Waals surface area contributed by atoms with E-state index in [1.807, 2.05) is 0 Å². The molecule has 0 aliphatic rings. The SMILES string of the molecule is COC(=O)CCCCCCCCCCCCCCCC(C(=O)OC)[N+](=O)[O-]. The highest BCUT2D eigenvalue weighted by atomic mass is 16.6. The van der Waals surface area contributed by atoms with Gasteiger partial charge in [0.1, 0.15) is 0 Å². The summed E-state index contributed by atoms with van der Waals surface area (Å²) in [6.45, 7) is 0. The van der Waals surface area contributed by atoms with Crippen LogP contribution in [0.3, 0.4) is 0 Å². The first-order valence-electron chi connectivity index (χ1n) is 10.3. The Kier molecular flexibility index (Phi) is 16.6. The molecule has 7 nitrogen and oxygen atoms in total. The number of nitrogens with zero attached hydrogens (tertiary/aromatic N) is 1. The predicted molar refractivity (Wildman–Crippen MR) is 104 cm³/mol. The van der Waals surface area contributed by atoms with E-state index in [2.05, 4.69) is 9.47 Å². The van der Waals surface area contributed by atoms with Crippen molar-refractivity contribution in [1.29, 1.82) is 0 Å². The first-order chi connectivity index (χ1) is 13.0. The molecule has 1 atom stereocenters. The van der Waals surface area contributed by atoms with Crippen molar-refractivity contribution in [3.63, 3.8) is 0 Å². The molecular formula is C20H37NO6. The summed E-state index contributed by atoms with van der Waals surface area (Å²) in [7, 11) is 2.61. The number of hydrogen-bond donors (Lipinski definition) is 0. The Labute approximate surface area is 163 Å². The van der Waals surface area contributed by atoms with Crippen LogP contribution in [0.1, 0.15) is 96.3 Å². The number of carbonyl (C=O) groups excluding carboxylic acids is 2. The summed E-state index contributed by atoms with van der Waals surface area (Å²) >= 11 is 0. The van der Waals surface area contributed by atoms with Crippen molar-refractivity contribution < 1.29 is 24.0 Å². The van der Waals surface area contributed by atoms with Crippen LogP contribution >= 0.6 is 0 Å². The van der Waals surface area contributed by atoms with Crippen LogP contribution in [-0.2, 0) is 19.1 Å².